The first-order chi connectivity index (χ1) is 8.99. The molecule has 0 aromatic heterocycles. The van der Waals surface area contributed by atoms with Gasteiger partial charge in [-0.2, -0.15) is 0 Å². The molecule has 0 spiro atoms. The first kappa shape index (κ1) is 17.0. The smallest absolute Gasteiger partial charge is 0.0107 e. The van der Waals surface area contributed by atoms with Crippen molar-refractivity contribution in [3.63, 3.8) is 0 Å². The van der Waals surface area contributed by atoms with E-state index in [1.165, 1.54) is 45.1 Å². The van der Waals surface area contributed by atoms with Crippen LogP contribution in [0, 0.1) is 11.8 Å². The van der Waals surface area contributed by atoms with Crippen LogP contribution < -0.4 is 5.32 Å². The maximum Gasteiger partial charge on any atom is 0.0107 e. The molecule has 0 aromatic carbocycles. The van der Waals surface area contributed by atoms with Crippen molar-refractivity contribution in [2.45, 2.75) is 78.3 Å². The Balaban J connectivity index is 2.08. The van der Waals surface area contributed by atoms with Gasteiger partial charge in [0.15, 0.2) is 0 Å². The summed E-state index contributed by atoms with van der Waals surface area (Å²) in [4.78, 5) is 2.58. The van der Waals surface area contributed by atoms with E-state index in [1.54, 1.807) is 0 Å². The van der Waals surface area contributed by atoms with E-state index in [9.17, 15) is 0 Å². The SMILES string of the molecule is CC(C)CCC(C)NCCN(C)C1CCC(C)CC1. The number of hydrogen-bond donors (Lipinski definition) is 1. The van der Waals surface area contributed by atoms with Crippen LogP contribution in [0.3, 0.4) is 0 Å². The Morgan fingerprint density at radius 1 is 1.05 bits per heavy atom. The molecule has 0 aliphatic heterocycles. The highest BCUT2D eigenvalue weighted by molar-refractivity contribution is 4.77. The summed E-state index contributed by atoms with van der Waals surface area (Å²) in [7, 11) is 2.31. The Kier molecular flexibility index (Phi) is 8.01. The van der Waals surface area contributed by atoms with Crippen molar-refractivity contribution in [3.8, 4) is 0 Å². The van der Waals surface area contributed by atoms with Gasteiger partial charge in [0.1, 0.15) is 0 Å². The van der Waals surface area contributed by atoms with E-state index in [4.69, 9.17) is 0 Å². The molecule has 0 amide bonds. The maximum absolute atomic E-state index is 3.68. The lowest BCUT2D eigenvalue weighted by Gasteiger charge is -2.33. The van der Waals surface area contributed by atoms with Crippen molar-refractivity contribution in [3.05, 3.63) is 0 Å². The standard InChI is InChI=1S/C17H36N2/c1-14(2)6-9-16(4)18-12-13-19(5)17-10-7-15(3)8-11-17/h14-18H,6-13H2,1-5H3. The molecule has 1 aliphatic rings. The minimum Gasteiger partial charge on any atom is -0.313 e. The maximum atomic E-state index is 3.68. The molecule has 114 valence electrons. The summed E-state index contributed by atoms with van der Waals surface area (Å²) < 4.78 is 0. The average Bonchev–Trinajstić information content (AvgIpc) is 2.37. The molecule has 0 saturated heterocycles. The summed E-state index contributed by atoms with van der Waals surface area (Å²) >= 11 is 0. The summed E-state index contributed by atoms with van der Waals surface area (Å²) in [5.74, 6) is 1.79. The second-order valence-corrected chi connectivity index (χ2v) is 7.22. The summed E-state index contributed by atoms with van der Waals surface area (Å²) in [5, 5.41) is 3.68. The zero-order chi connectivity index (χ0) is 14.3. The van der Waals surface area contributed by atoms with E-state index in [-0.39, 0.29) is 0 Å². The monoisotopic (exact) mass is 268 g/mol. The van der Waals surface area contributed by atoms with Crippen LogP contribution in [-0.4, -0.2) is 37.1 Å². The zero-order valence-corrected chi connectivity index (χ0v) is 13.9. The fraction of sp³-hybridized carbons (Fsp3) is 1.00. The summed E-state index contributed by atoms with van der Waals surface area (Å²) in [6, 6.07) is 1.51. The van der Waals surface area contributed by atoms with Crippen LogP contribution in [0.2, 0.25) is 0 Å². The van der Waals surface area contributed by atoms with E-state index in [0.29, 0.717) is 6.04 Å². The minimum atomic E-state index is 0.669. The molecule has 0 bridgehead atoms. The highest BCUT2D eigenvalue weighted by Crippen LogP contribution is 2.26. The topological polar surface area (TPSA) is 15.3 Å². The minimum absolute atomic E-state index is 0.669. The average molecular weight is 268 g/mol. The van der Waals surface area contributed by atoms with E-state index in [2.05, 4.69) is 45.0 Å². The first-order valence-corrected chi connectivity index (χ1v) is 8.42. The van der Waals surface area contributed by atoms with Crippen molar-refractivity contribution < 1.29 is 0 Å². The van der Waals surface area contributed by atoms with Gasteiger partial charge in [-0.25, -0.2) is 0 Å². The molecular weight excluding hydrogens is 232 g/mol. The lowest BCUT2D eigenvalue weighted by Crippen LogP contribution is -2.40. The molecule has 2 nitrogen and oxygen atoms in total. The Morgan fingerprint density at radius 2 is 1.68 bits per heavy atom. The van der Waals surface area contributed by atoms with Gasteiger partial charge in [-0.05, 0) is 64.3 Å². The molecule has 0 radical (unpaired) electrons. The van der Waals surface area contributed by atoms with Gasteiger partial charge in [-0.1, -0.05) is 20.8 Å². The molecule has 1 saturated carbocycles. The molecule has 1 N–H and O–H groups in total. The largest absolute Gasteiger partial charge is 0.313 e. The molecule has 1 fully saturated rings. The highest BCUT2D eigenvalue weighted by Gasteiger charge is 2.21. The molecule has 0 aromatic rings. The van der Waals surface area contributed by atoms with E-state index >= 15 is 0 Å². The molecule has 1 aliphatic carbocycles. The van der Waals surface area contributed by atoms with Crippen LogP contribution in [0.25, 0.3) is 0 Å². The number of nitrogens with one attached hydrogen (secondary N) is 1. The van der Waals surface area contributed by atoms with Gasteiger partial charge in [0.05, 0.1) is 0 Å². The van der Waals surface area contributed by atoms with E-state index in [1.807, 2.05) is 0 Å². The van der Waals surface area contributed by atoms with Crippen molar-refractivity contribution in [1.82, 2.24) is 10.2 Å². The van der Waals surface area contributed by atoms with Crippen molar-refractivity contribution >= 4 is 0 Å². The second-order valence-electron chi connectivity index (χ2n) is 7.22. The first-order valence-electron chi connectivity index (χ1n) is 8.42. The van der Waals surface area contributed by atoms with Crippen LogP contribution in [0.5, 0.6) is 0 Å². The number of nitrogens with zero attached hydrogens (tertiary/aromatic N) is 1. The Labute approximate surface area is 121 Å². The molecule has 1 unspecified atom stereocenters. The molecule has 2 heteroatoms. The quantitative estimate of drug-likeness (QED) is 0.718. The van der Waals surface area contributed by atoms with Gasteiger partial charge < -0.3 is 10.2 Å². The second kappa shape index (κ2) is 8.97. The van der Waals surface area contributed by atoms with Crippen molar-refractivity contribution in [1.29, 1.82) is 0 Å². The summed E-state index contributed by atoms with van der Waals surface area (Å²) in [5.41, 5.74) is 0. The predicted octanol–water partition coefficient (Wildman–Crippen LogP) is 3.91. The molecule has 1 rings (SSSR count). The lowest BCUT2D eigenvalue weighted by molar-refractivity contribution is 0.169. The number of hydrogen-bond acceptors (Lipinski definition) is 2. The summed E-state index contributed by atoms with van der Waals surface area (Å²) in [6.07, 6.45) is 8.30. The zero-order valence-electron chi connectivity index (χ0n) is 13.9. The number of rotatable bonds is 8. The fourth-order valence-corrected chi connectivity index (χ4v) is 3.04. The highest BCUT2D eigenvalue weighted by atomic mass is 15.1. The van der Waals surface area contributed by atoms with Gasteiger partial charge in [0.25, 0.3) is 0 Å². The summed E-state index contributed by atoms with van der Waals surface area (Å²) in [6.45, 7) is 11.7. The predicted molar refractivity (Wildman–Crippen MR) is 85.6 cm³/mol. The van der Waals surface area contributed by atoms with E-state index < -0.39 is 0 Å². The third-order valence-corrected chi connectivity index (χ3v) is 4.74. The molecule has 1 atom stereocenters. The van der Waals surface area contributed by atoms with Gasteiger partial charge in [0.2, 0.25) is 0 Å². The molecular formula is C17H36N2. The lowest BCUT2D eigenvalue weighted by atomic mass is 9.87. The van der Waals surface area contributed by atoms with Crippen LogP contribution in [-0.2, 0) is 0 Å². The molecule has 0 heterocycles. The fourth-order valence-electron chi connectivity index (χ4n) is 3.04. The molecule has 19 heavy (non-hydrogen) atoms. The Bertz CT molecular complexity index is 219. The van der Waals surface area contributed by atoms with Crippen LogP contribution in [0.4, 0.5) is 0 Å². The third kappa shape index (κ3) is 7.31. The van der Waals surface area contributed by atoms with Crippen LogP contribution in [0.15, 0.2) is 0 Å². The third-order valence-electron chi connectivity index (χ3n) is 4.74. The van der Waals surface area contributed by atoms with Crippen LogP contribution >= 0.6 is 0 Å². The van der Waals surface area contributed by atoms with Gasteiger partial charge in [-0.15, -0.1) is 0 Å². The normalized spacial score (nSPS) is 26.1. The Morgan fingerprint density at radius 3 is 2.26 bits per heavy atom. The van der Waals surface area contributed by atoms with Crippen LogP contribution in [0.1, 0.15) is 66.2 Å². The van der Waals surface area contributed by atoms with Gasteiger partial charge in [0, 0.05) is 25.2 Å². The van der Waals surface area contributed by atoms with E-state index in [0.717, 1.165) is 24.4 Å². The number of likely N-dealkylation sites (N-methyl/N-ethyl adjacent to an activating group) is 1. The Hall–Kier alpha value is -0.0800. The van der Waals surface area contributed by atoms with Crippen molar-refractivity contribution in [2.24, 2.45) is 11.8 Å². The van der Waals surface area contributed by atoms with Crippen molar-refractivity contribution in [2.75, 3.05) is 20.1 Å². The van der Waals surface area contributed by atoms with Gasteiger partial charge in [-0.3, -0.25) is 0 Å². The van der Waals surface area contributed by atoms with Gasteiger partial charge >= 0.3 is 0 Å².